The number of aromatic amines is 1. The lowest BCUT2D eigenvalue weighted by Gasteiger charge is -2.14. The number of hydrogen-bond donors (Lipinski definition) is 2. The van der Waals surface area contributed by atoms with E-state index < -0.39 is 0 Å². The first-order valence-electron chi connectivity index (χ1n) is 8.01. The molecule has 166 valence electrons. The molecule has 2 N–H and O–H groups in total. The van der Waals surface area contributed by atoms with Gasteiger partial charge in [0, 0.05) is 46.8 Å². The van der Waals surface area contributed by atoms with Crippen molar-refractivity contribution in [1.29, 1.82) is 0 Å². The van der Waals surface area contributed by atoms with Gasteiger partial charge in [-0.15, -0.1) is 0 Å². The minimum atomic E-state index is -0.327. The van der Waals surface area contributed by atoms with Gasteiger partial charge < -0.3 is 10.1 Å². The number of H-pyrrole nitrogens is 1. The number of benzene rings is 2. The van der Waals surface area contributed by atoms with Crippen molar-refractivity contribution in [3.05, 3.63) is 52.4 Å². The van der Waals surface area contributed by atoms with Crippen LogP contribution in [-0.4, -0.2) is 21.7 Å². The standard InChI is InChI=1S/C18H2I10N2O2/c19-5-3(6(20)10(24)13(27)9(5)23)15-1-2(18(32)29-15)16(30-17(1)31)4-7(21)11(25)14(28)12(26)8(4)22/h29,32H. The Kier molecular flexibility index (Phi) is 10.3. The predicted molar refractivity (Wildman–Crippen MR) is 211 cm³/mol. The molecule has 2 aromatic carbocycles. The zero-order valence-electron chi connectivity index (χ0n) is 14.6. The zero-order chi connectivity index (χ0) is 23.8. The molecule has 14 heteroatoms. The highest BCUT2D eigenvalue weighted by atomic mass is 127. The third-order valence-electron chi connectivity index (χ3n) is 4.55. The summed E-state index contributed by atoms with van der Waals surface area (Å²) in [7, 11) is 0. The topological polar surface area (TPSA) is 65.4 Å². The summed E-state index contributed by atoms with van der Waals surface area (Å²) in [6.45, 7) is 0. The quantitative estimate of drug-likeness (QED) is 0.153. The van der Waals surface area contributed by atoms with E-state index in [0.29, 0.717) is 22.5 Å². The summed E-state index contributed by atoms with van der Waals surface area (Å²) >= 11 is 23.3. The summed E-state index contributed by atoms with van der Waals surface area (Å²) in [5.41, 5.74) is 3.91. The van der Waals surface area contributed by atoms with Gasteiger partial charge in [0.15, 0.2) is 5.88 Å². The van der Waals surface area contributed by atoms with Crippen molar-refractivity contribution in [1.82, 2.24) is 4.98 Å². The summed E-state index contributed by atoms with van der Waals surface area (Å²) in [5.74, 6) is -0.350. The number of fused-ring (bicyclic) bond motifs is 1. The second kappa shape index (κ2) is 11.3. The van der Waals surface area contributed by atoms with Crippen molar-refractivity contribution < 1.29 is 9.90 Å². The van der Waals surface area contributed by atoms with Crippen molar-refractivity contribution >= 4 is 238 Å². The van der Waals surface area contributed by atoms with Crippen molar-refractivity contribution in [2.45, 2.75) is 0 Å². The van der Waals surface area contributed by atoms with Gasteiger partial charge in [-0.05, 0) is 226 Å². The van der Waals surface area contributed by atoms with Gasteiger partial charge in [0.1, 0.15) is 0 Å². The molecule has 4 rings (SSSR count). The van der Waals surface area contributed by atoms with Crippen LogP contribution in [0.3, 0.4) is 0 Å². The van der Waals surface area contributed by atoms with Crippen molar-refractivity contribution in [2.24, 2.45) is 4.99 Å². The van der Waals surface area contributed by atoms with E-state index in [9.17, 15) is 9.90 Å². The molecule has 1 amide bonds. The van der Waals surface area contributed by atoms with E-state index in [0.717, 1.165) is 39.7 Å². The number of carbonyl (C=O) groups excluding carboxylic acids is 1. The number of aromatic hydroxyl groups is 1. The monoisotopic (exact) mass is 1550 g/mol. The van der Waals surface area contributed by atoms with Crippen LogP contribution in [0.15, 0.2) is 4.99 Å². The minimum Gasteiger partial charge on any atom is -0.494 e. The van der Waals surface area contributed by atoms with Crippen LogP contribution >= 0.6 is 226 Å². The number of nitrogens with zero attached hydrogens (tertiary/aromatic N) is 1. The Morgan fingerprint density at radius 1 is 0.531 bits per heavy atom. The molecular weight excluding hydrogens is 1550 g/mol. The largest absolute Gasteiger partial charge is 0.494 e. The van der Waals surface area contributed by atoms with Gasteiger partial charge in [-0.25, -0.2) is 4.99 Å². The Labute approximate surface area is 319 Å². The number of aromatic nitrogens is 1. The third-order valence-corrected chi connectivity index (χ3v) is 23.6. The minimum absolute atomic E-state index is 0.0232. The number of aliphatic imine (C=N–C) groups is 1. The summed E-state index contributed by atoms with van der Waals surface area (Å²) in [4.78, 5) is 20.8. The van der Waals surface area contributed by atoms with Crippen molar-refractivity contribution in [3.63, 3.8) is 0 Å². The number of hydrogen-bond acceptors (Lipinski definition) is 2. The maximum atomic E-state index is 13.2. The normalized spacial score (nSPS) is 13.1. The Hall–Kier alpha value is 4.16. The molecule has 0 saturated heterocycles. The Morgan fingerprint density at radius 3 is 1.34 bits per heavy atom. The molecular formula is C18H2I10N2O2. The average molecular weight is 1550 g/mol. The molecule has 2 heterocycles. The lowest BCUT2D eigenvalue weighted by Crippen LogP contribution is -2.10. The van der Waals surface area contributed by atoms with Crippen LogP contribution in [0.1, 0.15) is 21.5 Å². The van der Waals surface area contributed by atoms with Crippen LogP contribution in [0.25, 0.3) is 11.3 Å². The van der Waals surface area contributed by atoms with Crippen LogP contribution in [0.4, 0.5) is 0 Å². The van der Waals surface area contributed by atoms with Gasteiger partial charge in [0.05, 0.1) is 22.5 Å². The summed E-state index contributed by atoms with van der Waals surface area (Å²) in [6.07, 6.45) is 0. The van der Waals surface area contributed by atoms with Gasteiger partial charge in [0.25, 0.3) is 5.91 Å². The smallest absolute Gasteiger partial charge is 0.280 e. The Bertz CT molecular complexity index is 1350. The number of nitrogens with one attached hydrogen (secondary N) is 1. The van der Waals surface area contributed by atoms with E-state index in [1.165, 1.54) is 7.14 Å². The molecule has 1 aliphatic rings. The summed E-state index contributed by atoms with van der Waals surface area (Å²) in [5, 5.41) is 11.0. The fraction of sp³-hybridized carbons (Fsp3) is 0. The molecule has 1 aromatic heterocycles. The first-order valence-corrected chi connectivity index (χ1v) is 18.8. The Balaban J connectivity index is 2.04. The third kappa shape index (κ3) is 4.83. The predicted octanol–water partition coefficient (Wildman–Crippen LogP) is 9.42. The van der Waals surface area contributed by atoms with Gasteiger partial charge in [-0.3, -0.25) is 4.79 Å². The lowest BCUT2D eigenvalue weighted by molar-refractivity contribution is 0.101. The van der Waals surface area contributed by atoms with Crippen LogP contribution in [0.2, 0.25) is 0 Å². The van der Waals surface area contributed by atoms with Crippen LogP contribution in [0.5, 0.6) is 5.88 Å². The van der Waals surface area contributed by atoms with Gasteiger partial charge in [-0.2, -0.15) is 0 Å². The number of halogens is 10. The SMILES string of the molecule is O=C1N=C(c2c(I)c(I)c(I)c(I)c2I)c2c(O)[nH]c(-c3c(I)c(I)c(I)c(I)c3I)c21. The maximum absolute atomic E-state index is 13.2. The second-order valence-corrected chi connectivity index (χ2v) is 17.0. The van der Waals surface area contributed by atoms with Crippen molar-refractivity contribution in [2.75, 3.05) is 0 Å². The van der Waals surface area contributed by atoms with Crippen LogP contribution in [0, 0.1) is 35.7 Å². The van der Waals surface area contributed by atoms with Gasteiger partial charge >= 0.3 is 0 Å². The summed E-state index contributed by atoms with van der Waals surface area (Å²) in [6, 6.07) is 0. The van der Waals surface area contributed by atoms with E-state index in [1.807, 2.05) is 0 Å². The molecule has 0 saturated carbocycles. The highest BCUT2D eigenvalue weighted by Gasteiger charge is 2.37. The molecule has 0 bridgehead atoms. The van der Waals surface area contributed by atoms with E-state index in [4.69, 9.17) is 0 Å². The van der Waals surface area contributed by atoms with E-state index in [2.05, 4.69) is 236 Å². The Morgan fingerprint density at radius 2 is 0.906 bits per heavy atom. The molecule has 4 nitrogen and oxygen atoms in total. The van der Waals surface area contributed by atoms with Gasteiger partial charge in [-0.1, -0.05) is 0 Å². The van der Waals surface area contributed by atoms with Crippen molar-refractivity contribution in [3.8, 4) is 17.1 Å². The number of amides is 1. The molecule has 3 aromatic rings. The van der Waals surface area contributed by atoms with Crippen LogP contribution in [-0.2, 0) is 0 Å². The van der Waals surface area contributed by atoms with E-state index in [-0.39, 0.29) is 11.8 Å². The van der Waals surface area contributed by atoms with Gasteiger partial charge in [0.2, 0.25) is 0 Å². The molecule has 0 radical (unpaired) electrons. The molecule has 32 heavy (non-hydrogen) atoms. The molecule has 0 spiro atoms. The lowest BCUT2D eigenvalue weighted by atomic mass is 10.0. The molecule has 0 unspecified atom stereocenters. The van der Waals surface area contributed by atoms with Crippen LogP contribution < -0.4 is 0 Å². The van der Waals surface area contributed by atoms with E-state index >= 15 is 0 Å². The molecule has 1 aliphatic heterocycles. The first kappa shape index (κ1) is 29.2. The fourth-order valence-electron chi connectivity index (χ4n) is 3.15. The van der Waals surface area contributed by atoms with E-state index in [1.54, 1.807) is 0 Å². The second-order valence-electron chi connectivity index (χ2n) is 6.25. The highest BCUT2D eigenvalue weighted by molar-refractivity contribution is 14.1. The molecule has 0 fully saturated rings. The molecule has 0 aliphatic carbocycles. The fourth-order valence-corrected chi connectivity index (χ4v) is 13.7. The first-order chi connectivity index (χ1) is 14.9. The zero-order valence-corrected chi connectivity index (χ0v) is 36.2. The number of carbonyl (C=O) groups is 1. The number of rotatable bonds is 2. The molecule has 0 atom stereocenters. The highest BCUT2D eigenvalue weighted by Crippen LogP contribution is 2.45. The maximum Gasteiger partial charge on any atom is 0.280 e. The summed E-state index contributed by atoms with van der Waals surface area (Å²) < 4.78 is 11.0. The average Bonchev–Trinajstić information content (AvgIpc) is 3.27.